The molecule has 6 heteroatoms. The number of hydrogen-bond donors (Lipinski definition) is 0. The van der Waals surface area contributed by atoms with Gasteiger partial charge >= 0.3 is 0 Å². The number of carbonyl (C=O) groups is 1. The number of aromatic nitrogens is 3. The lowest BCUT2D eigenvalue weighted by Gasteiger charge is -2.14. The fraction of sp³-hybridized carbons (Fsp3) is 0.462. The van der Waals surface area contributed by atoms with Crippen LogP contribution in [0.2, 0.25) is 0 Å². The van der Waals surface area contributed by atoms with Crippen LogP contribution >= 0.6 is 0 Å². The Bertz CT molecular complexity index is 541. The van der Waals surface area contributed by atoms with E-state index in [-0.39, 0.29) is 0 Å². The quantitative estimate of drug-likeness (QED) is 0.761. The largest absolute Gasteiger partial charge is 0.463 e. The first-order valence-electron chi connectivity index (χ1n) is 6.53. The van der Waals surface area contributed by atoms with Gasteiger partial charge in [-0.3, -0.25) is 4.79 Å². The highest BCUT2D eigenvalue weighted by Gasteiger charge is 2.18. The van der Waals surface area contributed by atoms with E-state index in [1.54, 1.807) is 17.0 Å². The van der Waals surface area contributed by atoms with Gasteiger partial charge in [0.25, 0.3) is 0 Å². The molecule has 0 N–H and O–H groups in total. The summed E-state index contributed by atoms with van der Waals surface area (Å²) in [6, 6.07) is 3.61. The highest BCUT2D eigenvalue weighted by molar-refractivity contribution is 5.81. The van der Waals surface area contributed by atoms with E-state index < -0.39 is 0 Å². The highest BCUT2D eigenvalue weighted by Crippen LogP contribution is 2.21. The molecule has 3 rings (SSSR count). The molecule has 2 aromatic rings. The summed E-state index contributed by atoms with van der Waals surface area (Å²) in [5, 5.41) is 7.95. The van der Waals surface area contributed by atoms with Gasteiger partial charge in [-0.25, -0.2) is 4.68 Å². The van der Waals surface area contributed by atoms with Crippen LogP contribution in [0.3, 0.4) is 0 Å². The van der Waals surface area contributed by atoms with Gasteiger partial charge in [-0.2, -0.15) is 0 Å². The molecule has 0 atom stereocenters. The summed E-state index contributed by atoms with van der Waals surface area (Å²) in [6.07, 6.45) is 4.84. The summed E-state index contributed by atoms with van der Waals surface area (Å²) < 4.78 is 7.11. The van der Waals surface area contributed by atoms with Gasteiger partial charge in [0, 0.05) is 6.54 Å². The van der Waals surface area contributed by atoms with Crippen LogP contribution < -0.4 is 0 Å². The average Bonchev–Trinajstić information content (AvgIpc) is 3.16. The third-order valence-electron chi connectivity index (χ3n) is 3.45. The van der Waals surface area contributed by atoms with Crippen molar-refractivity contribution in [2.75, 3.05) is 19.6 Å². The third-order valence-corrected chi connectivity index (χ3v) is 3.45. The number of rotatable bonds is 5. The molecule has 100 valence electrons. The fourth-order valence-corrected chi connectivity index (χ4v) is 2.47. The smallest absolute Gasteiger partial charge is 0.172 e. The highest BCUT2D eigenvalue weighted by atomic mass is 16.3. The number of hydrogen-bond acceptors (Lipinski definition) is 5. The van der Waals surface area contributed by atoms with Crippen molar-refractivity contribution in [1.29, 1.82) is 0 Å². The van der Waals surface area contributed by atoms with Crippen molar-refractivity contribution in [3.05, 3.63) is 24.1 Å². The monoisotopic (exact) mass is 260 g/mol. The second-order valence-electron chi connectivity index (χ2n) is 4.69. The summed E-state index contributed by atoms with van der Waals surface area (Å²) >= 11 is 0. The minimum absolute atomic E-state index is 0.330. The SMILES string of the molecule is O=Cc1nnn(CCN2CCCC2)c1-c1ccco1. The Balaban J connectivity index is 1.80. The minimum atomic E-state index is 0.330. The normalized spacial score (nSPS) is 16.0. The molecule has 0 bridgehead atoms. The summed E-state index contributed by atoms with van der Waals surface area (Å²) in [7, 11) is 0. The molecule has 0 aromatic carbocycles. The Morgan fingerprint density at radius 3 is 2.84 bits per heavy atom. The molecular formula is C13H16N4O2. The molecule has 0 saturated carbocycles. The van der Waals surface area contributed by atoms with Gasteiger partial charge in [-0.15, -0.1) is 5.10 Å². The van der Waals surface area contributed by atoms with Gasteiger partial charge in [0.15, 0.2) is 17.7 Å². The number of likely N-dealkylation sites (tertiary alicyclic amines) is 1. The molecule has 0 amide bonds. The lowest BCUT2D eigenvalue weighted by atomic mass is 10.2. The standard InChI is InChI=1S/C13H16N4O2/c18-10-11-13(12-4-3-9-19-12)17(15-14-11)8-7-16-5-1-2-6-16/h3-4,9-10H,1-2,5-8H2. The topological polar surface area (TPSA) is 64.2 Å². The van der Waals surface area contributed by atoms with E-state index >= 15 is 0 Å². The van der Waals surface area contributed by atoms with Crippen LogP contribution in [0.4, 0.5) is 0 Å². The van der Waals surface area contributed by atoms with Crippen LogP contribution in [0.1, 0.15) is 23.3 Å². The van der Waals surface area contributed by atoms with E-state index in [2.05, 4.69) is 15.2 Å². The van der Waals surface area contributed by atoms with Crippen LogP contribution in [-0.2, 0) is 6.54 Å². The third kappa shape index (κ3) is 2.44. The van der Waals surface area contributed by atoms with Crippen LogP contribution in [0.5, 0.6) is 0 Å². The van der Waals surface area contributed by atoms with Crippen LogP contribution in [0, 0.1) is 0 Å². The zero-order valence-corrected chi connectivity index (χ0v) is 10.7. The Morgan fingerprint density at radius 1 is 1.32 bits per heavy atom. The Hall–Kier alpha value is -1.95. The zero-order chi connectivity index (χ0) is 13.1. The fourth-order valence-electron chi connectivity index (χ4n) is 2.47. The maximum absolute atomic E-state index is 11.0. The van der Waals surface area contributed by atoms with Crippen molar-refractivity contribution in [3.8, 4) is 11.5 Å². The second-order valence-corrected chi connectivity index (χ2v) is 4.69. The van der Waals surface area contributed by atoms with Crippen LogP contribution in [0.25, 0.3) is 11.5 Å². The van der Waals surface area contributed by atoms with Crippen molar-refractivity contribution < 1.29 is 9.21 Å². The molecule has 0 spiro atoms. The molecule has 0 unspecified atom stereocenters. The summed E-state index contributed by atoms with van der Waals surface area (Å²) in [5.41, 5.74) is 0.996. The lowest BCUT2D eigenvalue weighted by molar-refractivity contribution is 0.111. The average molecular weight is 260 g/mol. The van der Waals surface area contributed by atoms with Crippen molar-refractivity contribution >= 4 is 6.29 Å². The van der Waals surface area contributed by atoms with Gasteiger partial charge in [0.2, 0.25) is 0 Å². The van der Waals surface area contributed by atoms with Gasteiger partial charge < -0.3 is 9.32 Å². The molecule has 19 heavy (non-hydrogen) atoms. The molecule has 6 nitrogen and oxygen atoms in total. The first-order valence-corrected chi connectivity index (χ1v) is 6.53. The number of furan rings is 1. The number of aldehydes is 1. The van der Waals surface area contributed by atoms with Gasteiger partial charge in [-0.05, 0) is 38.1 Å². The van der Waals surface area contributed by atoms with Crippen molar-refractivity contribution in [2.45, 2.75) is 19.4 Å². The van der Waals surface area contributed by atoms with Crippen molar-refractivity contribution in [3.63, 3.8) is 0 Å². The van der Waals surface area contributed by atoms with Gasteiger partial charge in [0.1, 0.15) is 5.69 Å². The second kappa shape index (κ2) is 5.36. The Kier molecular flexibility index (Phi) is 3.41. The lowest BCUT2D eigenvalue weighted by Crippen LogP contribution is -2.24. The Labute approximate surface area is 111 Å². The number of nitrogens with zero attached hydrogens (tertiary/aromatic N) is 4. The molecule has 1 aliphatic heterocycles. The number of carbonyl (C=O) groups excluding carboxylic acids is 1. The summed E-state index contributed by atoms with van der Waals surface area (Å²) in [6.45, 7) is 3.93. The maximum atomic E-state index is 11.0. The molecular weight excluding hydrogens is 244 g/mol. The predicted molar refractivity (Wildman–Crippen MR) is 68.8 cm³/mol. The van der Waals surface area contributed by atoms with E-state index in [9.17, 15) is 4.79 Å². The molecule has 2 aromatic heterocycles. The molecule has 1 saturated heterocycles. The first kappa shape index (κ1) is 12.1. The minimum Gasteiger partial charge on any atom is -0.463 e. The van der Waals surface area contributed by atoms with E-state index in [0.29, 0.717) is 17.1 Å². The zero-order valence-electron chi connectivity index (χ0n) is 10.7. The molecule has 1 fully saturated rings. The molecule has 1 aliphatic rings. The van der Waals surface area contributed by atoms with E-state index in [1.807, 2.05) is 6.07 Å². The molecule has 3 heterocycles. The van der Waals surface area contributed by atoms with Gasteiger partial charge in [-0.1, -0.05) is 5.21 Å². The van der Waals surface area contributed by atoms with Crippen molar-refractivity contribution in [1.82, 2.24) is 19.9 Å². The molecule has 0 radical (unpaired) electrons. The molecule has 0 aliphatic carbocycles. The van der Waals surface area contributed by atoms with Crippen LogP contribution in [0.15, 0.2) is 22.8 Å². The maximum Gasteiger partial charge on any atom is 0.172 e. The first-order chi connectivity index (χ1) is 9.38. The van der Waals surface area contributed by atoms with Crippen molar-refractivity contribution in [2.24, 2.45) is 0 Å². The van der Waals surface area contributed by atoms with E-state index in [4.69, 9.17) is 4.42 Å². The predicted octanol–water partition coefficient (Wildman–Crippen LogP) is 1.45. The van der Waals surface area contributed by atoms with E-state index in [0.717, 1.165) is 32.5 Å². The van der Waals surface area contributed by atoms with Crippen LogP contribution in [-0.4, -0.2) is 45.8 Å². The van der Waals surface area contributed by atoms with E-state index in [1.165, 1.54) is 12.8 Å². The summed E-state index contributed by atoms with van der Waals surface area (Å²) in [5.74, 6) is 0.633. The van der Waals surface area contributed by atoms with Gasteiger partial charge in [0.05, 0.1) is 12.8 Å². The Morgan fingerprint density at radius 2 is 2.16 bits per heavy atom. The summed E-state index contributed by atoms with van der Waals surface area (Å²) in [4.78, 5) is 13.4.